The molecular weight excluding hydrogens is 289 g/mol. The minimum atomic E-state index is -4.35. The third-order valence-electron chi connectivity index (χ3n) is 3.09. The summed E-state index contributed by atoms with van der Waals surface area (Å²) in [5.41, 5.74) is 1.93. The van der Waals surface area contributed by atoms with Crippen LogP contribution in [-0.2, 0) is 12.6 Å². The van der Waals surface area contributed by atoms with Crippen LogP contribution >= 0.6 is 11.6 Å². The number of pyridine rings is 1. The number of halogens is 4. The number of aromatic nitrogens is 1. The number of hydrogen-bond donors (Lipinski definition) is 0. The van der Waals surface area contributed by atoms with Gasteiger partial charge in [-0.3, -0.25) is 4.99 Å². The molecule has 6 heteroatoms. The largest absolute Gasteiger partial charge is 0.416 e. The van der Waals surface area contributed by atoms with E-state index >= 15 is 0 Å². The predicted octanol–water partition coefficient (Wildman–Crippen LogP) is 4.43. The lowest BCUT2D eigenvalue weighted by atomic mass is 10.0. The van der Waals surface area contributed by atoms with Crippen LogP contribution in [0.1, 0.15) is 16.7 Å². The van der Waals surface area contributed by atoms with Gasteiger partial charge in [0.05, 0.1) is 17.0 Å². The highest BCUT2D eigenvalue weighted by atomic mass is 35.5. The van der Waals surface area contributed by atoms with Crippen LogP contribution in [0.2, 0.25) is 5.15 Å². The number of hydrogen-bond acceptors (Lipinski definition) is 2. The number of aliphatic imine (C=N–C) groups is 1. The molecule has 0 atom stereocenters. The second-order valence-electron chi connectivity index (χ2n) is 4.44. The van der Waals surface area contributed by atoms with E-state index in [9.17, 15) is 13.2 Å². The van der Waals surface area contributed by atoms with Gasteiger partial charge in [0.25, 0.3) is 0 Å². The van der Waals surface area contributed by atoms with Crippen LogP contribution in [-0.4, -0.2) is 10.7 Å². The van der Waals surface area contributed by atoms with Gasteiger partial charge in [0.15, 0.2) is 0 Å². The van der Waals surface area contributed by atoms with E-state index in [1.54, 1.807) is 18.3 Å². The molecule has 1 aliphatic rings. The van der Waals surface area contributed by atoms with E-state index < -0.39 is 11.7 Å². The molecule has 0 spiro atoms. The summed E-state index contributed by atoms with van der Waals surface area (Å²) in [6, 6.07) is 7.01. The average Bonchev–Trinajstić information content (AvgIpc) is 2.80. The number of benzene rings is 1. The Morgan fingerprint density at radius 3 is 2.60 bits per heavy atom. The van der Waals surface area contributed by atoms with Gasteiger partial charge >= 0.3 is 6.18 Å². The Kier molecular flexibility index (Phi) is 3.01. The van der Waals surface area contributed by atoms with Crippen LogP contribution in [0.15, 0.2) is 41.5 Å². The normalized spacial score (nSPS) is 14.1. The van der Waals surface area contributed by atoms with Crippen molar-refractivity contribution in [2.45, 2.75) is 12.6 Å². The average molecular weight is 297 g/mol. The molecule has 0 saturated carbocycles. The number of alkyl halides is 3. The van der Waals surface area contributed by atoms with Crippen LogP contribution in [0.4, 0.5) is 18.9 Å². The SMILES string of the molecule is FC(F)(F)c1ccc2c(c1)N=C(c1ccnc(Cl)c1)C2. The van der Waals surface area contributed by atoms with Crippen molar-refractivity contribution >= 4 is 23.0 Å². The Morgan fingerprint density at radius 1 is 1.10 bits per heavy atom. The van der Waals surface area contributed by atoms with Crippen molar-refractivity contribution < 1.29 is 13.2 Å². The maximum Gasteiger partial charge on any atom is 0.416 e. The molecule has 1 aromatic heterocycles. The first-order valence-electron chi connectivity index (χ1n) is 5.83. The van der Waals surface area contributed by atoms with E-state index in [-0.39, 0.29) is 0 Å². The van der Waals surface area contributed by atoms with Crippen LogP contribution in [0.25, 0.3) is 0 Å². The standard InChI is InChI=1S/C14H8ClF3N2/c15-13-6-9(3-4-19-13)11-5-8-1-2-10(14(16,17)18)7-12(8)20-11/h1-4,6-7H,5H2. The fourth-order valence-electron chi connectivity index (χ4n) is 2.11. The van der Waals surface area contributed by atoms with Gasteiger partial charge in [-0.15, -0.1) is 0 Å². The molecule has 0 unspecified atom stereocenters. The van der Waals surface area contributed by atoms with Crippen molar-refractivity contribution in [2.24, 2.45) is 4.99 Å². The summed E-state index contributed by atoms with van der Waals surface area (Å²) in [6.45, 7) is 0. The monoisotopic (exact) mass is 296 g/mol. The fraction of sp³-hybridized carbons (Fsp3) is 0.143. The Bertz CT molecular complexity index is 708. The second kappa shape index (κ2) is 4.59. The lowest BCUT2D eigenvalue weighted by Gasteiger charge is -2.07. The minimum absolute atomic E-state index is 0.331. The van der Waals surface area contributed by atoms with E-state index in [1.807, 2.05) is 0 Å². The summed E-state index contributed by atoms with van der Waals surface area (Å²) in [5, 5.41) is 0.331. The van der Waals surface area contributed by atoms with Crippen molar-refractivity contribution in [3.8, 4) is 0 Å². The van der Waals surface area contributed by atoms with Gasteiger partial charge in [-0.25, -0.2) is 4.98 Å². The highest BCUT2D eigenvalue weighted by molar-refractivity contribution is 6.29. The number of nitrogens with zero attached hydrogens (tertiary/aromatic N) is 2. The van der Waals surface area contributed by atoms with Gasteiger partial charge in [0.2, 0.25) is 0 Å². The van der Waals surface area contributed by atoms with Gasteiger partial charge < -0.3 is 0 Å². The molecule has 2 heterocycles. The molecule has 2 aromatic rings. The summed E-state index contributed by atoms with van der Waals surface area (Å²) in [5.74, 6) is 0. The van der Waals surface area contributed by atoms with Crippen LogP contribution in [0.5, 0.6) is 0 Å². The highest BCUT2D eigenvalue weighted by Crippen LogP contribution is 2.36. The zero-order valence-corrected chi connectivity index (χ0v) is 10.8. The molecule has 102 valence electrons. The predicted molar refractivity (Wildman–Crippen MR) is 70.6 cm³/mol. The summed E-state index contributed by atoms with van der Waals surface area (Å²) >= 11 is 5.80. The van der Waals surface area contributed by atoms with Gasteiger partial charge in [-0.2, -0.15) is 13.2 Å². The van der Waals surface area contributed by atoms with Crippen LogP contribution in [0.3, 0.4) is 0 Å². The lowest BCUT2D eigenvalue weighted by molar-refractivity contribution is -0.137. The maximum atomic E-state index is 12.7. The molecule has 0 fully saturated rings. The van der Waals surface area contributed by atoms with Gasteiger partial charge in [-0.1, -0.05) is 17.7 Å². The van der Waals surface area contributed by atoms with Gasteiger partial charge in [-0.05, 0) is 29.8 Å². The molecular formula is C14H8ClF3N2. The first kappa shape index (κ1) is 13.1. The second-order valence-corrected chi connectivity index (χ2v) is 4.83. The van der Waals surface area contributed by atoms with E-state index in [4.69, 9.17) is 11.6 Å². The minimum Gasteiger partial charge on any atom is -0.252 e. The van der Waals surface area contributed by atoms with E-state index in [1.165, 1.54) is 6.07 Å². The highest BCUT2D eigenvalue weighted by Gasteiger charge is 2.31. The molecule has 0 saturated heterocycles. The topological polar surface area (TPSA) is 25.2 Å². The molecule has 1 aromatic carbocycles. The molecule has 3 rings (SSSR count). The fourth-order valence-corrected chi connectivity index (χ4v) is 2.28. The molecule has 0 N–H and O–H groups in total. The van der Waals surface area contributed by atoms with Crippen LogP contribution < -0.4 is 0 Å². The van der Waals surface area contributed by atoms with Crippen molar-refractivity contribution in [3.05, 3.63) is 58.4 Å². The summed E-state index contributed by atoms with van der Waals surface area (Å²) in [6.07, 6.45) is -2.31. The zero-order valence-electron chi connectivity index (χ0n) is 10.1. The Labute approximate surface area is 117 Å². The third-order valence-corrected chi connectivity index (χ3v) is 3.29. The Balaban J connectivity index is 1.99. The first-order valence-corrected chi connectivity index (χ1v) is 6.21. The molecule has 0 bridgehead atoms. The molecule has 0 radical (unpaired) electrons. The quantitative estimate of drug-likeness (QED) is 0.715. The van der Waals surface area contributed by atoms with Crippen molar-refractivity contribution in [3.63, 3.8) is 0 Å². The summed E-state index contributed by atoms with van der Waals surface area (Å²) in [4.78, 5) is 8.14. The first-order chi connectivity index (χ1) is 9.43. The molecule has 0 amide bonds. The summed E-state index contributed by atoms with van der Waals surface area (Å²) < 4.78 is 38.0. The lowest BCUT2D eigenvalue weighted by Crippen LogP contribution is -2.04. The van der Waals surface area contributed by atoms with Crippen molar-refractivity contribution in [1.29, 1.82) is 0 Å². The van der Waals surface area contributed by atoms with Crippen molar-refractivity contribution in [2.75, 3.05) is 0 Å². The van der Waals surface area contributed by atoms with Gasteiger partial charge in [0, 0.05) is 18.2 Å². The molecule has 0 aliphatic carbocycles. The number of rotatable bonds is 1. The Hall–Kier alpha value is -1.88. The molecule has 1 aliphatic heterocycles. The van der Waals surface area contributed by atoms with Crippen molar-refractivity contribution in [1.82, 2.24) is 4.98 Å². The van der Waals surface area contributed by atoms with Crippen LogP contribution in [0, 0.1) is 0 Å². The molecule has 2 nitrogen and oxygen atoms in total. The summed E-state index contributed by atoms with van der Waals surface area (Å²) in [7, 11) is 0. The van der Waals surface area contributed by atoms with E-state index in [0.717, 1.165) is 23.3 Å². The number of fused-ring (bicyclic) bond motifs is 1. The van der Waals surface area contributed by atoms with Gasteiger partial charge in [0.1, 0.15) is 5.15 Å². The maximum absolute atomic E-state index is 12.7. The smallest absolute Gasteiger partial charge is 0.252 e. The Morgan fingerprint density at radius 2 is 1.90 bits per heavy atom. The van der Waals surface area contributed by atoms with E-state index in [2.05, 4.69) is 9.98 Å². The molecule has 20 heavy (non-hydrogen) atoms. The third kappa shape index (κ3) is 2.41. The zero-order chi connectivity index (χ0) is 14.3. The van der Waals surface area contributed by atoms with E-state index in [0.29, 0.717) is 23.0 Å².